The molecule has 1 saturated heterocycles. The Balaban J connectivity index is 1.63. The first-order valence-electron chi connectivity index (χ1n) is 14.8. The zero-order valence-electron chi connectivity index (χ0n) is 25.2. The van der Waals surface area contributed by atoms with Crippen molar-refractivity contribution in [3.8, 4) is 5.75 Å². The zero-order valence-corrected chi connectivity index (χ0v) is 27.5. The number of alkyl halides is 3. The summed E-state index contributed by atoms with van der Waals surface area (Å²) in [4.78, 5) is 22.6. The van der Waals surface area contributed by atoms with Gasteiger partial charge in [-0.2, -0.15) is 17.5 Å². The van der Waals surface area contributed by atoms with Crippen LogP contribution in [0.3, 0.4) is 0 Å². The van der Waals surface area contributed by atoms with Crippen molar-refractivity contribution in [2.75, 3.05) is 38.5 Å². The van der Waals surface area contributed by atoms with Crippen molar-refractivity contribution in [3.05, 3.63) is 99.0 Å². The van der Waals surface area contributed by atoms with Gasteiger partial charge in [0.1, 0.15) is 17.6 Å². The molecule has 1 fully saturated rings. The molecule has 14 heteroatoms. The summed E-state index contributed by atoms with van der Waals surface area (Å²) in [5.74, 6) is 0.0680. The van der Waals surface area contributed by atoms with Gasteiger partial charge >= 0.3 is 12.2 Å². The number of aliphatic imine (C=N–C) groups is 1. The second-order valence-corrected chi connectivity index (χ2v) is 13.9. The van der Waals surface area contributed by atoms with Crippen LogP contribution in [-0.4, -0.2) is 72.9 Å². The van der Waals surface area contributed by atoms with Crippen LogP contribution >= 0.6 is 23.2 Å². The molecule has 2 aliphatic rings. The van der Waals surface area contributed by atoms with Gasteiger partial charge in [0.05, 0.1) is 29.5 Å². The van der Waals surface area contributed by atoms with Gasteiger partial charge in [-0.1, -0.05) is 54.4 Å². The minimum absolute atomic E-state index is 0.0133. The maximum Gasteiger partial charge on any atom is 0.416 e. The van der Waals surface area contributed by atoms with Gasteiger partial charge in [0.25, 0.3) is 0 Å². The van der Waals surface area contributed by atoms with Crippen molar-refractivity contribution in [1.29, 1.82) is 0 Å². The highest BCUT2D eigenvalue weighted by atomic mass is 35.5. The molecule has 0 aliphatic carbocycles. The van der Waals surface area contributed by atoms with E-state index in [2.05, 4.69) is 0 Å². The normalized spacial score (nSPS) is 19.3. The predicted octanol–water partition coefficient (Wildman–Crippen LogP) is 7.43. The van der Waals surface area contributed by atoms with Gasteiger partial charge in [0.2, 0.25) is 10.0 Å². The van der Waals surface area contributed by atoms with E-state index in [-0.39, 0.29) is 55.7 Å². The first-order valence-corrected chi connectivity index (χ1v) is 17.2. The fraction of sp³-hybridized carbons (Fsp3) is 0.375. The van der Waals surface area contributed by atoms with Crippen LogP contribution in [0.15, 0.2) is 71.7 Å². The Kier molecular flexibility index (Phi) is 10.2. The van der Waals surface area contributed by atoms with E-state index in [1.54, 1.807) is 67.3 Å². The predicted molar refractivity (Wildman–Crippen MR) is 172 cm³/mol. The third-order valence-electron chi connectivity index (χ3n) is 7.91. The van der Waals surface area contributed by atoms with E-state index in [9.17, 15) is 26.4 Å². The molecule has 2 heterocycles. The second-order valence-electron chi connectivity index (χ2n) is 10.9. The number of piperazine rings is 1. The monoisotopic (exact) mass is 696 g/mol. The maximum atomic E-state index is 14.6. The SMILES string of the molecule is CCCS(=O)(=O)N1CCN(C(=O)N2C(c3ccc(C(F)(F)F)cc3OCC)=NC(c3ccc(Cl)cc3)C2c2ccc(Cl)cc2)CC1. The number of ether oxygens (including phenoxy) is 1. The van der Waals surface area contributed by atoms with E-state index in [4.69, 9.17) is 32.9 Å². The maximum absolute atomic E-state index is 14.6. The molecular formula is C32H33Cl2F3N4O4S. The van der Waals surface area contributed by atoms with E-state index in [0.717, 1.165) is 17.7 Å². The molecule has 3 aromatic rings. The summed E-state index contributed by atoms with van der Waals surface area (Å²) in [7, 11) is -3.46. The van der Waals surface area contributed by atoms with Gasteiger partial charge in [0, 0.05) is 36.2 Å². The van der Waals surface area contributed by atoms with Crippen molar-refractivity contribution in [2.24, 2.45) is 4.99 Å². The lowest BCUT2D eigenvalue weighted by atomic mass is 9.93. The van der Waals surface area contributed by atoms with Crippen LogP contribution in [0, 0.1) is 0 Å². The number of benzene rings is 3. The van der Waals surface area contributed by atoms with Crippen LogP contribution in [0.4, 0.5) is 18.0 Å². The molecule has 0 saturated carbocycles. The highest BCUT2D eigenvalue weighted by molar-refractivity contribution is 7.89. The Hall–Kier alpha value is -3.32. The smallest absolute Gasteiger partial charge is 0.416 e. The molecule has 0 aromatic heterocycles. The van der Waals surface area contributed by atoms with E-state index in [0.29, 0.717) is 22.0 Å². The summed E-state index contributed by atoms with van der Waals surface area (Å²) in [6, 6.07) is 15.2. The van der Waals surface area contributed by atoms with Crippen molar-refractivity contribution in [2.45, 2.75) is 38.5 Å². The minimum Gasteiger partial charge on any atom is -0.493 e. The fourth-order valence-electron chi connectivity index (χ4n) is 5.71. The Morgan fingerprint density at radius 3 is 2.04 bits per heavy atom. The molecule has 0 spiro atoms. The number of sulfonamides is 1. The number of amidine groups is 1. The number of carbonyl (C=O) groups excluding carboxylic acids is 1. The Morgan fingerprint density at radius 1 is 0.913 bits per heavy atom. The molecule has 0 N–H and O–H groups in total. The van der Waals surface area contributed by atoms with Crippen LogP contribution in [0.2, 0.25) is 10.0 Å². The van der Waals surface area contributed by atoms with Gasteiger partial charge < -0.3 is 9.64 Å². The standard InChI is InChI=1S/C32H33Cl2F3N4O4S/c1-3-19-46(43,44)40-17-15-39(16-18-40)31(42)41-29(22-7-12-25(34)13-8-22)28(21-5-10-24(33)11-6-21)38-30(41)26-14-9-23(32(35,36)37)20-27(26)45-4-2/h5-14,20,28-29H,3-4,15-19H2,1-2H3. The van der Waals surface area contributed by atoms with Crippen LogP contribution in [0.25, 0.3) is 0 Å². The largest absolute Gasteiger partial charge is 0.493 e. The fourth-order valence-corrected chi connectivity index (χ4v) is 7.46. The van der Waals surface area contributed by atoms with Gasteiger partial charge in [-0.3, -0.25) is 9.89 Å². The van der Waals surface area contributed by atoms with Crippen LogP contribution < -0.4 is 4.74 Å². The topological polar surface area (TPSA) is 82.5 Å². The first-order chi connectivity index (χ1) is 21.8. The lowest BCUT2D eigenvalue weighted by molar-refractivity contribution is -0.137. The lowest BCUT2D eigenvalue weighted by Gasteiger charge is -2.38. The number of rotatable bonds is 8. The molecule has 46 heavy (non-hydrogen) atoms. The Morgan fingerprint density at radius 2 is 1.50 bits per heavy atom. The number of hydrogen-bond acceptors (Lipinski definition) is 5. The number of hydrogen-bond donors (Lipinski definition) is 0. The van der Waals surface area contributed by atoms with E-state index >= 15 is 0 Å². The van der Waals surface area contributed by atoms with Crippen molar-refractivity contribution in [3.63, 3.8) is 0 Å². The number of carbonyl (C=O) groups is 1. The lowest BCUT2D eigenvalue weighted by Crippen LogP contribution is -2.55. The van der Waals surface area contributed by atoms with Crippen molar-refractivity contribution < 1.29 is 31.1 Å². The molecule has 5 rings (SSSR count). The molecule has 2 aliphatic heterocycles. The van der Waals surface area contributed by atoms with Crippen molar-refractivity contribution in [1.82, 2.24) is 14.1 Å². The van der Waals surface area contributed by atoms with Gasteiger partial charge in [-0.25, -0.2) is 13.2 Å². The van der Waals surface area contributed by atoms with E-state index in [1.807, 2.05) is 0 Å². The van der Waals surface area contributed by atoms with Crippen LogP contribution in [-0.2, 0) is 16.2 Å². The third kappa shape index (κ3) is 7.15. The minimum atomic E-state index is -4.62. The molecule has 8 nitrogen and oxygen atoms in total. The van der Waals surface area contributed by atoms with E-state index in [1.165, 1.54) is 15.3 Å². The number of halogens is 5. The van der Waals surface area contributed by atoms with Crippen LogP contribution in [0.1, 0.15) is 54.6 Å². The molecule has 2 amide bonds. The Bertz CT molecular complexity index is 1700. The van der Waals surface area contributed by atoms with Crippen molar-refractivity contribution >= 4 is 45.1 Å². The molecule has 2 unspecified atom stereocenters. The quantitative estimate of drug-likeness (QED) is 0.245. The number of urea groups is 1. The molecule has 0 radical (unpaired) electrons. The first kappa shape index (κ1) is 34.0. The zero-order chi connectivity index (χ0) is 33.2. The summed E-state index contributed by atoms with van der Waals surface area (Å²) in [5.41, 5.74) is 0.717. The summed E-state index contributed by atoms with van der Waals surface area (Å²) < 4.78 is 73.7. The third-order valence-corrected chi connectivity index (χ3v) is 10.5. The average Bonchev–Trinajstić information content (AvgIpc) is 3.41. The number of nitrogens with zero attached hydrogens (tertiary/aromatic N) is 4. The van der Waals surface area contributed by atoms with Gasteiger partial charge in [0.15, 0.2) is 0 Å². The van der Waals surface area contributed by atoms with Crippen LogP contribution in [0.5, 0.6) is 5.75 Å². The highest BCUT2D eigenvalue weighted by Crippen LogP contribution is 2.46. The molecule has 246 valence electrons. The number of amides is 2. The van der Waals surface area contributed by atoms with Gasteiger partial charge in [-0.05, 0) is 66.9 Å². The molecular weight excluding hydrogens is 664 g/mol. The summed E-state index contributed by atoms with van der Waals surface area (Å²) >= 11 is 12.4. The van der Waals surface area contributed by atoms with E-state index < -0.39 is 39.9 Å². The Labute approximate surface area is 276 Å². The molecule has 2 atom stereocenters. The average molecular weight is 698 g/mol. The summed E-state index contributed by atoms with van der Waals surface area (Å²) in [6.45, 7) is 3.99. The van der Waals surface area contributed by atoms with Gasteiger partial charge in [-0.15, -0.1) is 0 Å². The molecule has 3 aromatic carbocycles. The molecule has 0 bridgehead atoms. The highest BCUT2D eigenvalue weighted by Gasteiger charge is 2.45. The summed E-state index contributed by atoms with van der Waals surface area (Å²) in [6.07, 6.45) is -4.15. The summed E-state index contributed by atoms with van der Waals surface area (Å²) in [5, 5.41) is 0.980. The second kappa shape index (κ2) is 13.8.